The number of imidazole rings is 1. The number of hydrogen-bond acceptors (Lipinski definition) is 3. The number of halogens is 1. The smallest absolute Gasteiger partial charge is 0.160 e. The second kappa shape index (κ2) is 3.85. The standard InChI is InChI=1S/C12H9BrN4/c13-9-5-10(14)12-16-11(7-17(12)6-9)8-1-3-15-4-2-8/h1-7H,14H2. The molecule has 0 radical (unpaired) electrons. The van der Waals surface area contributed by atoms with Crippen molar-refractivity contribution in [1.82, 2.24) is 14.4 Å². The largest absolute Gasteiger partial charge is 0.396 e. The zero-order valence-electron chi connectivity index (χ0n) is 8.84. The predicted octanol–water partition coefficient (Wildman–Crippen LogP) is 2.74. The number of anilines is 1. The Morgan fingerprint density at radius 3 is 2.71 bits per heavy atom. The first-order valence-corrected chi connectivity index (χ1v) is 5.87. The molecule has 0 atom stereocenters. The highest BCUT2D eigenvalue weighted by Gasteiger charge is 2.07. The van der Waals surface area contributed by atoms with Crippen molar-refractivity contribution in [3.63, 3.8) is 0 Å². The molecule has 0 unspecified atom stereocenters. The first-order chi connectivity index (χ1) is 8.24. The highest BCUT2D eigenvalue weighted by atomic mass is 79.9. The van der Waals surface area contributed by atoms with E-state index in [1.807, 2.05) is 35.0 Å². The fourth-order valence-electron chi connectivity index (χ4n) is 1.75. The second-order valence-corrected chi connectivity index (χ2v) is 4.62. The summed E-state index contributed by atoms with van der Waals surface area (Å²) in [4.78, 5) is 8.50. The van der Waals surface area contributed by atoms with E-state index < -0.39 is 0 Å². The van der Waals surface area contributed by atoms with Crippen molar-refractivity contribution in [2.45, 2.75) is 0 Å². The Balaban J connectivity index is 2.24. The summed E-state index contributed by atoms with van der Waals surface area (Å²) in [6.07, 6.45) is 7.38. The third-order valence-corrected chi connectivity index (χ3v) is 2.96. The third kappa shape index (κ3) is 1.78. The van der Waals surface area contributed by atoms with Crippen LogP contribution in [0.1, 0.15) is 0 Å². The van der Waals surface area contributed by atoms with Crippen LogP contribution in [0.2, 0.25) is 0 Å². The summed E-state index contributed by atoms with van der Waals surface area (Å²) in [6, 6.07) is 5.69. The van der Waals surface area contributed by atoms with Crippen LogP contribution in [0.4, 0.5) is 5.69 Å². The lowest BCUT2D eigenvalue weighted by molar-refractivity contribution is 1.18. The fraction of sp³-hybridized carbons (Fsp3) is 0. The van der Waals surface area contributed by atoms with Gasteiger partial charge in [0.15, 0.2) is 5.65 Å². The van der Waals surface area contributed by atoms with Gasteiger partial charge in [0.05, 0.1) is 11.4 Å². The maximum absolute atomic E-state index is 5.92. The average Bonchev–Trinajstić information content (AvgIpc) is 2.74. The Morgan fingerprint density at radius 1 is 1.18 bits per heavy atom. The summed E-state index contributed by atoms with van der Waals surface area (Å²) < 4.78 is 2.84. The molecule has 4 nitrogen and oxygen atoms in total. The second-order valence-electron chi connectivity index (χ2n) is 3.71. The lowest BCUT2D eigenvalue weighted by Crippen LogP contribution is -1.91. The molecule has 3 rings (SSSR count). The molecule has 0 bridgehead atoms. The summed E-state index contributed by atoms with van der Waals surface area (Å²) in [5, 5.41) is 0. The molecule has 3 aromatic rings. The van der Waals surface area contributed by atoms with Crippen LogP contribution in [0.15, 0.2) is 47.5 Å². The number of nitrogen functional groups attached to an aromatic ring is 1. The molecule has 3 heterocycles. The number of nitrogens with zero attached hydrogens (tertiary/aromatic N) is 3. The van der Waals surface area contributed by atoms with Crippen LogP contribution in [-0.4, -0.2) is 14.4 Å². The van der Waals surface area contributed by atoms with E-state index >= 15 is 0 Å². The zero-order valence-corrected chi connectivity index (χ0v) is 10.4. The molecule has 0 aliphatic carbocycles. The first-order valence-electron chi connectivity index (χ1n) is 5.08. The lowest BCUT2D eigenvalue weighted by atomic mass is 10.2. The van der Waals surface area contributed by atoms with Gasteiger partial charge in [-0.3, -0.25) is 4.98 Å². The van der Waals surface area contributed by atoms with Crippen LogP contribution in [0, 0.1) is 0 Å². The van der Waals surface area contributed by atoms with Crippen molar-refractivity contribution in [2.75, 3.05) is 5.73 Å². The lowest BCUT2D eigenvalue weighted by Gasteiger charge is -1.97. The van der Waals surface area contributed by atoms with Crippen molar-refractivity contribution in [1.29, 1.82) is 0 Å². The van der Waals surface area contributed by atoms with Gasteiger partial charge in [-0.15, -0.1) is 0 Å². The molecule has 0 fully saturated rings. The van der Waals surface area contributed by atoms with Gasteiger partial charge in [-0.25, -0.2) is 4.98 Å². The van der Waals surface area contributed by atoms with Gasteiger partial charge in [-0.05, 0) is 34.1 Å². The van der Waals surface area contributed by atoms with E-state index in [9.17, 15) is 0 Å². The van der Waals surface area contributed by atoms with E-state index in [1.165, 1.54) is 0 Å². The van der Waals surface area contributed by atoms with Crippen LogP contribution in [-0.2, 0) is 0 Å². The maximum Gasteiger partial charge on any atom is 0.160 e. The fourth-order valence-corrected chi connectivity index (χ4v) is 2.22. The van der Waals surface area contributed by atoms with Gasteiger partial charge >= 0.3 is 0 Å². The summed E-state index contributed by atoms with van der Waals surface area (Å²) >= 11 is 3.41. The van der Waals surface area contributed by atoms with Crippen molar-refractivity contribution in [2.24, 2.45) is 0 Å². The number of rotatable bonds is 1. The van der Waals surface area contributed by atoms with Crippen molar-refractivity contribution < 1.29 is 0 Å². The average molecular weight is 289 g/mol. The maximum atomic E-state index is 5.92. The van der Waals surface area contributed by atoms with Crippen molar-refractivity contribution in [3.05, 3.63) is 47.5 Å². The third-order valence-electron chi connectivity index (χ3n) is 2.52. The van der Waals surface area contributed by atoms with E-state index in [0.29, 0.717) is 5.69 Å². The summed E-state index contributed by atoms with van der Waals surface area (Å²) in [6.45, 7) is 0. The molecule has 0 aliphatic heterocycles. The molecule has 0 amide bonds. The monoisotopic (exact) mass is 288 g/mol. The topological polar surface area (TPSA) is 56.2 Å². The summed E-state index contributed by atoms with van der Waals surface area (Å²) in [5.74, 6) is 0. The molecule has 84 valence electrons. The van der Waals surface area contributed by atoms with Gasteiger partial charge in [0, 0.05) is 34.8 Å². The number of hydrogen-bond donors (Lipinski definition) is 1. The highest BCUT2D eigenvalue weighted by Crippen LogP contribution is 2.23. The molecule has 0 aliphatic rings. The van der Waals surface area contributed by atoms with Gasteiger partial charge in [-0.1, -0.05) is 0 Å². The van der Waals surface area contributed by atoms with Gasteiger partial charge in [0.1, 0.15) is 0 Å². The molecular weight excluding hydrogens is 280 g/mol. The van der Waals surface area contributed by atoms with Crippen LogP contribution in [0.3, 0.4) is 0 Å². The SMILES string of the molecule is Nc1cc(Br)cn2cc(-c3ccncc3)nc12. The Bertz CT molecular complexity index is 676. The Morgan fingerprint density at radius 2 is 1.94 bits per heavy atom. The molecule has 0 saturated heterocycles. The van der Waals surface area contributed by atoms with Crippen molar-refractivity contribution in [3.8, 4) is 11.3 Å². The van der Waals surface area contributed by atoms with Crippen LogP contribution < -0.4 is 5.73 Å². The molecule has 0 spiro atoms. The van der Waals surface area contributed by atoms with Gasteiger partial charge < -0.3 is 10.1 Å². The number of nitrogens with two attached hydrogens (primary N) is 1. The Kier molecular flexibility index (Phi) is 2.33. The predicted molar refractivity (Wildman–Crippen MR) is 70.5 cm³/mol. The summed E-state index contributed by atoms with van der Waals surface area (Å²) in [5.41, 5.74) is 9.25. The first kappa shape index (κ1) is 10.3. The van der Waals surface area contributed by atoms with E-state index in [0.717, 1.165) is 21.4 Å². The molecule has 0 aromatic carbocycles. The summed E-state index contributed by atoms with van der Waals surface area (Å²) in [7, 11) is 0. The van der Waals surface area contributed by atoms with E-state index in [-0.39, 0.29) is 0 Å². The van der Waals surface area contributed by atoms with E-state index in [2.05, 4.69) is 25.9 Å². The van der Waals surface area contributed by atoms with Crippen LogP contribution in [0.25, 0.3) is 16.9 Å². The van der Waals surface area contributed by atoms with Gasteiger partial charge in [0.2, 0.25) is 0 Å². The molecule has 17 heavy (non-hydrogen) atoms. The van der Waals surface area contributed by atoms with Gasteiger partial charge in [0.25, 0.3) is 0 Å². The van der Waals surface area contributed by atoms with Crippen molar-refractivity contribution >= 4 is 27.3 Å². The Labute approximate surface area is 106 Å². The minimum Gasteiger partial charge on any atom is -0.396 e. The minimum absolute atomic E-state index is 0.652. The molecule has 0 saturated carbocycles. The molecule has 3 aromatic heterocycles. The number of aromatic nitrogens is 3. The minimum atomic E-state index is 0.652. The quantitative estimate of drug-likeness (QED) is 0.749. The van der Waals surface area contributed by atoms with Gasteiger partial charge in [-0.2, -0.15) is 0 Å². The number of pyridine rings is 2. The molecule has 2 N–H and O–H groups in total. The van der Waals surface area contributed by atoms with E-state index in [1.54, 1.807) is 12.4 Å². The Hall–Kier alpha value is -1.88. The highest BCUT2D eigenvalue weighted by molar-refractivity contribution is 9.10. The number of fused-ring (bicyclic) bond motifs is 1. The normalized spacial score (nSPS) is 10.9. The van der Waals surface area contributed by atoms with Crippen LogP contribution >= 0.6 is 15.9 Å². The molecule has 5 heteroatoms. The van der Waals surface area contributed by atoms with E-state index in [4.69, 9.17) is 5.73 Å². The van der Waals surface area contributed by atoms with Crippen LogP contribution in [0.5, 0.6) is 0 Å². The zero-order chi connectivity index (χ0) is 11.8. The molecular formula is C12H9BrN4.